The van der Waals surface area contributed by atoms with Crippen LogP contribution in [0.4, 0.5) is 0 Å². The quantitative estimate of drug-likeness (QED) is 0.790. The highest BCUT2D eigenvalue weighted by Gasteiger charge is 1.95. The Bertz CT molecular complexity index is 503. The summed E-state index contributed by atoms with van der Waals surface area (Å²) in [5.41, 5.74) is 3.58. The molecule has 2 heteroatoms. The average molecular weight is 274 g/mol. The Morgan fingerprint density at radius 1 is 1.19 bits per heavy atom. The van der Waals surface area contributed by atoms with Gasteiger partial charge in [-0.05, 0) is 51.7 Å². The molecule has 0 aliphatic carbocycles. The second kappa shape index (κ2) is 5.08. The van der Waals surface area contributed by atoms with Crippen molar-refractivity contribution in [1.29, 1.82) is 0 Å². The van der Waals surface area contributed by atoms with E-state index in [-0.39, 0.29) is 0 Å². The summed E-state index contributed by atoms with van der Waals surface area (Å²) < 4.78 is 1.00. The van der Waals surface area contributed by atoms with Crippen molar-refractivity contribution in [2.45, 2.75) is 6.92 Å². The van der Waals surface area contributed by atoms with Gasteiger partial charge in [0.25, 0.3) is 0 Å². The van der Waals surface area contributed by atoms with E-state index in [9.17, 15) is 0 Å². The van der Waals surface area contributed by atoms with Gasteiger partial charge in [-0.15, -0.1) is 0 Å². The molecule has 0 unspecified atom stereocenters. The Kier molecular flexibility index (Phi) is 3.52. The van der Waals surface area contributed by atoms with E-state index < -0.39 is 0 Å². The first-order chi connectivity index (χ1) is 7.75. The third-order valence-electron chi connectivity index (χ3n) is 2.34. The molecule has 0 aliphatic heterocycles. The first-order valence-electron chi connectivity index (χ1n) is 5.10. The lowest BCUT2D eigenvalue weighted by atomic mass is 10.1. The molecular formula is C14H12BrN. The van der Waals surface area contributed by atoms with E-state index in [1.165, 1.54) is 11.1 Å². The highest BCUT2D eigenvalue weighted by atomic mass is 79.9. The van der Waals surface area contributed by atoms with Gasteiger partial charge in [0.1, 0.15) is 0 Å². The van der Waals surface area contributed by atoms with Gasteiger partial charge in [0.15, 0.2) is 0 Å². The van der Waals surface area contributed by atoms with E-state index in [0.717, 1.165) is 10.0 Å². The van der Waals surface area contributed by atoms with Crippen molar-refractivity contribution in [3.05, 3.63) is 64.4 Å². The summed E-state index contributed by atoms with van der Waals surface area (Å²) in [5.74, 6) is 0. The van der Waals surface area contributed by atoms with Crippen LogP contribution in [0.1, 0.15) is 18.1 Å². The first kappa shape index (κ1) is 11.1. The van der Waals surface area contributed by atoms with Crippen LogP contribution in [0.3, 0.4) is 0 Å². The zero-order chi connectivity index (χ0) is 11.4. The molecule has 1 heterocycles. The molecule has 0 bridgehead atoms. The molecular weight excluding hydrogens is 262 g/mol. The molecule has 0 N–H and O–H groups in total. The lowest BCUT2D eigenvalue weighted by Gasteiger charge is -2.01. The van der Waals surface area contributed by atoms with Gasteiger partial charge in [0, 0.05) is 16.9 Å². The maximum absolute atomic E-state index is 4.14. The summed E-state index contributed by atoms with van der Waals surface area (Å²) in [4.78, 5) is 4.14. The number of pyridine rings is 1. The molecule has 1 nitrogen and oxygen atoms in total. The number of aromatic nitrogens is 1. The molecule has 2 rings (SSSR count). The van der Waals surface area contributed by atoms with E-state index in [4.69, 9.17) is 0 Å². The minimum atomic E-state index is 1.00. The summed E-state index contributed by atoms with van der Waals surface area (Å²) in [7, 11) is 0. The van der Waals surface area contributed by atoms with Crippen LogP contribution in [-0.4, -0.2) is 4.98 Å². The van der Waals surface area contributed by atoms with E-state index in [1.807, 2.05) is 24.4 Å². The standard InChI is InChI=1S/C14H12BrN/c1-11(13-5-3-2-4-6-13)7-12-8-14(15)10-16-9-12/h2-10H,1H3/b11-7-. The number of allylic oxidation sites excluding steroid dienone is 1. The van der Waals surface area contributed by atoms with Crippen LogP contribution in [0, 0.1) is 0 Å². The van der Waals surface area contributed by atoms with E-state index in [2.05, 4.69) is 52.1 Å². The second-order valence-corrected chi connectivity index (χ2v) is 4.55. The van der Waals surface area contributed by atoms with Crippen molar-refractivity contribution in [2.75, 3.05) is 0 Å². The van der Waals surface area contributed by atoms with Crippen molar-refractivity contribution in [2.24, 2.45) is 0 Å². The van der Waals surface area contributed by atoms with Gasteiger partial charge in [-0.2, -0.15) is 0 Å². The summed E-state index contributed by atoms with van der Waals surface area (Å²) in [6.07, 6.45) is 5.78. The fourth-order valence-electron chi connectivity index (χ4n) is 1.54. The Labute approximate surface area is 104 Å². The lowest BCUT2D eigenvalue weighted by molar-refractivity contribution is 1.30. The molecule has 0 saturated heterocycles. The van der Waals surface area contributed by atoms with Gasteiger partial charge in [-0.1, -0.05) is 30.3 Å². The van der Waals surface area contributed by atoms with E-state index >= 15 is 0 Å². The molecule has 0 fully saturated rings. The number of nitrogens with zero attached hydrogens (tertiary/aromatic N) is 1. The number of rotatable bonds is 2. The Morgan fingerprint density at radius 3 is 2.62 bits per heavy atom. The third-order valence-corrected chi connectivity index (χ3v) is 2.77. The maximum atomic E-state index is 4.14. The van der Waals surface area contributed by atoms with Crippen molar-refractivity contribution >= 4 is 27.6 Å². The third kappa shape index (κ3) is 2.80. The highest BCUT2D eigenvalue weighted by molar-refractivity contribution is 9.10. The van der Waals surface area contributed by atoms with Gasteiger partial charge in [0.05, 0.1) is 0 Å². The van der Waals surface area contributed by atoms with Gasteiger partial charge >= 0.3 is 0 Å². The monoisotopic (exact) mass is 273 g/mol. The summed E-state index contributed by atoms with van der Waals surface area (Å²) in [6, 6.07) is 12.4. The van der Waals surface area contributed by atoms with Crippen LogP contribution < -0.4 is 0 Å². The highest BCUT2D eigenvalue weighted by Crippen LogP contribution is 2.18. The average Bonchev–Trinajstić information content (AvgIpc) is 2.30. The van der Waals surface area contributed by atoms with Crippen molar-refractivity contribution in [1.82, 2.24) is 4.98 Å². The molecule has 1 aromatic heterocycles. The van der Waals surface area contributed by atoms with Gasteiger partial charge in [-0.3, -0.25) is 4.98 Å². The molecule has 0 atom stereocenters. The number of hydrogen-bond donors (Lipinski definition) is 0. The van der Waals surface area contributed by atoms with Gasteiger partial charge in [-0.25, -0.2) is 0 Å². The Hall–Kier alpha value is -1.41. The van der Waals surface area contributed by atoms with Crippen LogP contribution >= 0.6 is 15.9 Å². The first-order valence-corrected chi connectivity index (χ1v) is 5.89. The molecule has 16 heavy (non-hydrogen) atoms. The van der Waals surface area contributed by atoms with Crippen LogP contribution in [-0.2, 0) is 0 Å². The fourth-order valence-corrected chi connectivity index (χ4v) is 1.92. The Morgan fingerprint density at radius 2 is 1.94 bits per heavy atom. The van der Waals surface area contributed by atoms with Gasteiger partial charge in [0.2, 0.25) is 0 Å². The van der Waals surface area contributed by atoms with Crippen LogP contribution in [0.15, 0.2) is 53.3 Å². The molecule has 0 saturated carbocycles. The van der Waals surface area contributed by atoms with Crippen molar-refractivity contribution in [3.63, 3.8) is 0 Å². The molecule has 0 spiro atoms. The Balaban J connectivity index is 2.32. The smallest absolute Gasteiger partial charge is 0.0410 e. The molecule has 80 valence electrons. The van der Waals surface area contributed by atoms with Crippen molar-refractivity contribution in [3.8, 4) is 0 Å². The number of halogens is 1. The zero-order valence-corrected chi connectivity index (χ0v) is 10.6. The summed E-state index contributed by atoms with van der Waals surface area (Å²) in [5, 5.41) is 0. The predicted octanol–water partition coefficient (Wildman–Crippen LogP) is 4.40. The number of benzene rings is 1. The molecule has 2 aromatic rings. The van der Waals surface area contributed by atoms with Crippen LogP contribution in [0.25, 0.3) is 11.6 Å². The lowest BCUT2D eigenvalue weighted by Crippen LogP contribution is -1.80. The van der Waals surface area contributed by atoms with Crippen molar-refractivity contribution < 1.29 is 0 Å². The number of hydrogen-bond acceptors (Lipinski definition) is 1. The summed E-state index contributed by atoms with van der Waals surface area (Å²) in [6.45, 7) is 2.11. The minimum Gasteiger partial charge on any atom is -0.263 e. The SMILES string of the molecule is C/C(=C/c1cncc(Br)c1)c1ccccc1. The normalized spacial score (nSPS) is 11.5. The van der Waals surface area contributed by atoms with E-state index in [0.29, 0.717) is 0 Å². The van der Waals surface area contributed by atoms with E-state index in [1.54, 1.807) is 6.20 Å². The molecule has 0 radical (unpaired) electrons. The van der Waals surface area contributed by atoms with Crippen LogP contribution in [0.2, 0.25) is 0 Å². The molecule has 0 amide bonds. The second-order valence-electron chi connectivity index (χ2n) is 3.63. The molecule has 0 aliphatic rings. The maximum Gasteiger partial charge on any atom is 0.0410 e. The van der Waals surface area contributed by atoms with Gasteiger partial charge < -0.3 is 0 Å². The summed E-state index contributed by atoms with van der Waals surface area (Å²) >= 11 is 3.42. The fraction of sp³-hybridized carbons (Fsp3) is 0.0714. The topological polar surface area (TPSA) is 12.9 Å². The van der Waals surface area contributed by atoms with Crippen LogP contribution in [0.5, 0.6) is 0 Å². The zero-order valence-electron chi connectivity index (χ0n) is 9.02. The minimum absolute atomic E-state index is 1.00. The predicted molar refractivity (Wildman–Crippen MR) is 71.9 cm³/mol. The molecule has 1 aromatic carbocycles. The largest absolute Gasteiger partial charge is 0.263 e.